The van der Waals surface area contributed by atoms with Crippen LogP contribution in [0.25, 0.3) is 6.08 Å². The van der Waals surface area contributed by atoms with Crippen LogP contribution in [-0.4, -0.2) is 22.5 Å². The molecular weight excluding hydrogens is 404 g/mol. The van der Waals surface area contributed by atoms with Crippen LogP contribution in [0, 0.1) is 6.92 Å². The summed E-state index contributed by atoms with van der Waals surface area (Å²) in [5, 5.41) is 0.699. The van der Waals surface area contributed by atoms with Gasteiger partial charge in [0.15, 0.2) is 5.17 Å². The minimum Gasteiger partial charge on any atom is -0.488 e. The van der Waals surface area contributed by atoms with Crippen molar-refractivity contribution in [1.29, 1.82) is 0 Å². The summed E-state index contributed by atoms with van der Waals surface area (Å²) in [5.41, 5.74) is 3.99. The average Bonchev–Trinajstić information content (AvgIpc) is 3.09. The van der Waals surface area contributed by atoms with Gasteiger partial charge in [-0.25, -0.2) is 4.99 Å². The van der Waals surface area contributed by atoms with E-state index in [1.165, 1.54) is 17.3 Å². The number of carbonyl (C=O) groups is 1. The van der Waals surface area contributed by atoms with Crippen molar-refractivity contribution in [2.45, 2.75) is 20.5 Å². The molecule has 1 saturated heterocycles. The lowest BCUT2D eigenvalue weighted by atomic mass is 10.1. The number of aliphatic imine (C=N–C) groups is 1. The molecule has 0 N–H and O–H groups in total. The molecule has 156 valence electrons. The van der Waals surface area contributed by atoms with E-state index in [9.17, 15) is 4.79 Å². The number of carbonyl (C=O) groups excluding carboxylic acids is 1. The van der Waals surface area contributed by atoms with Gasteiger partial charge in [-0.2, -0.15) is 0 Å². The van der Waals surface area contributed by atoms with E-state index in [-0.39, 0.29) is 5.91 Å². The van der Waals surface area contributed by atoms with Crippen molar-refractivity contribution in [3.05, 3.63) is 100 Å². The third-order valence-corrected chi connectivity index (χ3v) is 5.91. The highest BCUT2D eigenvalue weighted by Gasteiger charge is 2.32. The van der Waals surface area contributed by atoms with E-state index >= 15 is 0 Å². The molecule has 0 saturated carbocycles. The Bertz CT molecular complexity index is 1120. The number of ether oxygens (including phenoxy) is 1. The predicted octanol–water partition coefficient (Wildman–Crippen LogP) is 6.20. The van der Waals surface area contributed by atoms with Crippen LogP contribution in [-0.2, 0) is 11.4 Å². The zero-order valence-electron chi connectivity index (χ0n) is 17.6. The molecule has 3 aromatic carbocycles. The number of benzene rings is 3. The fourth-order valence-electron chi connectivity index (χ4n) is 3.21. The number of amidine groups is 1. The lowest BCUT2D eigenvalue weighted by Crippen LogP contribution is -2.28. The molecule has 0 spiro atoms. The SMILES string of the molecule is CCN1C(=O)/C(=C\c2ccccc2OCc2ccccc2)SC1=Nc1ccc(C)cc1. The average molecular weight is 429 g/mol. The second-order valence-corrected chi connectivity index (χ2v) is 8.21. The molecule has 4 rings (SSSR count). The van der Waals surface area contributed by atoms with Gasteiger partial charge in [0, 0.05) is 12.1 Å². The van der Waals surface area contributed by atoms with Gasteiger partial charge in [0.05, 0.1) is 10.6 Å². The number of thioether (sulfide) groups is 1. The van der Waals surface area contributed by atoms with Gasteiger partial charge in [0.2, 0.25) is 0 Å². The number of rotatable bonds is 6. The second kappa shape index (κ2) is 9.67. The van der Waals surface area contributed by atoms with Gasteiger partial charge >= 0.3 is 0 Å². The largest absolute Gasteiger partial charge is 0.488 e. The second-order valence-electron chi connectivity index (χ2n) is 7.20. The van der Waals surface area contributed by atoms with E-state index in [1.54, 1.807) is 4.90 Å². The fourth-order valence-corrected chi connectivity index (χ4v) is 4.26. The van der Waals surface area contributed by atoms with E-state index in [0.717, 1.165) is 22.6 Å². The van der Waals surface area contributed by atoms with Crippen LogP contribution >= 0.6 is 11.8 Å². The van der Waals surface area contributed by atoms with Gasteiger partial charge < -0.3 is 4.74 Å². The molecule has 4 nitrogen and oxygen atoms in total. The van der Waals surface area contributed by atoms with Crippen molar-refractivity contribution in [2.75, 3.05) is 6.54 Å². The Hall–Kier alpha value is -3.31. The third kappa shape index (κ3) is 5.06. The standard InChI is InChI=1S/C26H24N2O2S/c1-3-28-25(29)24(31-26(28)27-22-15-13-19(2)14-16-22)17-21-11-7-8-12-23(21)30-18-20-9-5-4-6-10-20/h4-17H,3,18H2,1-2H3/b24-17+,27-26?. The summed E-state index contributed by atoms with van der Waals surface area (Å²) < 4.78 is 6.05. The molecule has 5 heteroatoms. The van der Waals surface area contributed by atoms with Crippen LogP contribution in [0.3, 0.4) is 0 Å². The van der Waals surface area contributed by atoms with Crippen molar-refractivity contribution in [1.82, 2.24) is 4.90 Å². The summed E-state index contributed by atoms with van der Waals surface area (Å²) in [6, 6.07) is 25.8. The first-order valence-corrected chi connectivity index (χ1v) is 11.1. The van der Waals surface area contributed by atoms with E-state index < -0.39 is 0 Å². The summed E-state index contributed by atoms with van der Waals surface area (Å²) in [4.78, 5) is 20.1. The van der Waals surface area contributed by atoms with E-state index in [4.69, 9.17) is 9.73 Å². The number of para-hydroxylation sites is 1. The Balaban J connectivity index is 1.58. The van der Waals surface area contributed by atoms with E-state index in [0.29, 0.717) is 23.2 Å². The molecule has 0 radical (unpaired) electrons. The van der Waals surface area contributed by atoms with Crippen LogP contribution in [0.2, 0.25) is 0 Å². The maximum atomic E-state index is 13.0. The van der Waals surface area contributed by atoms with Crippen LogP contribution in [0.15, 0.2) is 88.8 Å². The lowest BCUT2D eigenvalue weighted by Gasteiger charge is -2.12. The minimum atomic E-state index is -0.0313. The molecule has 0 aromatic heterocycles. The van der Waals surface area contributed by atoms with Crippen LogP contribution in [0.4, 0.5) is 5.69 Å². The summed E-state index contributed by atoms with van der Waals surface area (Å²) in [6.07, 6.45) is 1.90. The maximum Gasteiger partial charge on any atom is 0.266 e. The van der Waals surface area contributed by atoms with E-state index in [1.807, 2.05) is 98.8 Å². The lowest BCUT2D eigenvalue weighted by molar-refractivity contribution is -0.122. The zero-order chi connectivity index (χ0) is 21.6. The number of hydrogen-bond acceptors (Lipinski definition) is 4. The monoisotopic (exact) mass is 428 g/mol. The molecule has 31 heavy (non-hydrogen) atoms. The molecule has 1 aliphatic heterocycles. The highest BCUT2D eigenvalue weighted by molar-refractivity contribution is 8.18. The van der Waals surface area contributed by atoms with Gasteiger partial charge in [0.25, 0.3) is 5.91 Å². The molecule has 0 atom stereocenters. The first-order chi connectivity index (χ1) is 15.1. The van der Waals surface area contributed by atoms with Crippen molar-refractivity contribution in [3.8, 4) is 5.75 Å². The molecule has 0 unspecified atom stereocenters. The Morgan fingerprint density at radius 3 is 2.42 bits per heavy atom. The fraction of sp³-hybridized carbons (Fsp3) is 0.154. The molecule has 1 heterocycles. The van der Waals surface area contributed by atoms with Crippen molar-refractivity contribution >= 4 is 34.6 Å². The van der Waals surface area contributed by atoms with Crippen LogP contribution < -0.4 is 4.74 Å². The highest BCUT2D eigenvalue weighted by Crippen LogP contribution is 2.35. The van der Waals surface area contributed by atoms with Crippen molar-refractivity contribution < 1.29 is 9.53 Å². The first-order valence-electron chi connectivity index (χ1n) is 10.3. The van der Waals surface area contributed by atoms with Gasteiger partial charge in [-0.3, -0.25) is 9.69 Å². The molecule has 1 amide bonds. The summed E-state index contributed by atoms with van der Waals surface area (Å²) in [5.74, 6) is 0.718. The Morgan fingerprint density at radius 2 is 1.68 bits per heavy atom. The summed E-state index contributed by atoms with van der Waals surface area (Å²) in [6.45, 7) is 5.05. The maximum absolute atomic E-state index is 13.0. The smallest absolute Gasteiger partial charge is 0.266 e. The van der Waals surface area contributed by atoms with E-state index in [2.05, 4.69) is 0 Å². The number of nitrogens with zero attached hydrogens (tertiary/aromatic N) is 2. The third-order valence-electron chi connectivity index (χ3n) is 4.91. The number of hydrogen-bond donors (Lipinski definition) is 0. The first kappa shape index (κ1) is 20.9. The topological polar surface area (TPSA) is 41.9 Å². The van der Waals surface area contributed by atoms with Gasteiger partial charge in [-0.15, -0.1) is 0 Å². The molecule has 0 bridgehead atoms. The zero-order valence-corrected chi connectivity index (χ0v) is 18.4. The quantitative estimate of drug-likeness (QED) is 0.439. The molecule has 0 aliphatic carbocycles. The molecule has 3 aromatic rings. The molecular formula is C26H24N2O2S. The summed E-state index contributed by atoms with van der Waals surface area (Å²) in [7, 11) is 0. The van der Waals surface area contributed by atoms with Gasteiger partial charge in [-0.1, -0.05) is 66.2 Å². The Morgan fingerprint density at radius 1 is 0.968 bits per heavy atom. The number of aryl methyl sites for hydroxylation is 1. The van der Waals surface area contributed by atoms with Crippen LogP contribution in [0.5, 0.6) is 5.75 Å². The van der Waals surface area contributed by atoms with Crippen molar-refractivity contribution in [2.24, 2.45) is 4.99 Å². The highest BCUT2D eigenvalue weighted by atomic mass is 32.2. The van der Waals surface area contributed by atoms with Crippen molar-refractivity contribution in [3.63, 3.8) is 0 Å². The van der Waals surface area contributed by atoms with Gasteiger partial charge in [-0.05, 0) is 55.4 Å². The minimum absolute atomic E-state index is 0.0313. The van der Waals surface area contributed by atoms with Gasteiger partial charge in [0.1, 0.15) is 12.4 Å². The van der Waals surface area contributed by atoms with Crippen LogP contribution in [0.1, 0.15) is 23.6 Å². The Labute approximate surface area is 187 Å². The summed E-state index contributed by atoms with van der Waals surface area (Å²) >= 11 is 1.40. The molecule has 1 aliphatic rings. The Kier molecular flexibility index (Phi) is 6.53. The predicted molar refractivity (Wildman–Crippen MR) is 128 cm³/mol. The number of likely N-dealkylation sites (N-methyl/N-ethyl adjacent to an activating group) is 1. The number of amides is 1. The molecule has 1 fully saturated rings. The normalized spacial score (nSPS) is 16.3.